The van der Waals surface area contributed by atoms with Crippen molar-refractivity contribution in [1.82, 2.24) is 0 Å². The molecule has 0 bridgehead atoms. The molecule has 4 nitrogen and oxygen atoms in total. The first kappa shape index (κ1) is 10.1. The third kappa shape index (κ3) is 4.59. The first-order chi connectivity index (χ1) is 6.43. The Balaban J connectivity index is 2.07. The van der Waals surface area contributed by atoms with E-state index in [1.807, 2.05) is 30.3 Å². The van der Waals surface area contributed by atoms with Gasteiger partial charge in [-0.15, -0.1) is 0 Å². The van der Waals surface area contributed by atoms with E-state index in [1.54, 1.807) is 0 Å². The molecule has 0 atom stereocenters. The van der Waals surface area contributed by atoms with Gasteiger partial charge in [0.15, 0.2) is 13.6 Å². The summed E-state index contributed by atoms with van der Waals surface area (Å²) in [6.45, 7) is 0.0137. The molecule has 0 fully saturated rings. The van der Waals surface area contributed by atoms with E-state index < -0.39 is 6.79 Å². The molecule has 0 aliphatic rings. The second-order valence-electron chi connectivity index (χ2n) is 2.32. The summed E-state index contributed by atoms with van der Waals surface area (Å²) >= 11 is 0. The van der Waals surface area contributed by atoms with Gasteiger partial charge < -0.3 is 9.84 Å². The minimum absolute atomic E-state index is 0.00938. The smallest absolute Gasteiger partial charge is 0.181 e. The molecule has 0 saturated carbocycles. The Bertz CT molecular complexity index is 212. The lowest BCUT2D eigenvalue weighted by molar-refractivity contribution is -0.364. The van der Waals surface area contributed by atoms with E-state index in [0.29, 0.717) is 6.61 Å². The van der Waals surface area contributed by atoms with Crippen molar-refractivity contribution in [1.29, 1.82) is 0 Å². The lowest BCUT2D eigenvalue weighted by Gasteiger charge is -2.03. The van der Waals surface area contributed by atoms with E-state index >= 15 is 0 Å². The van der Waals surface area contributed by atoms with Crippen LogP contribution in [0.25, 0.3) is 0 Å². The number of hydrogen-bond acceptors (Lipinski definition) is 4. The van der Waals surface area contributed by atoms with E-state index in [2.05, 4.69) is 9.78 Å². The fourth-order valence-electron chi connectivity index (χ4n) is 0.839. The van der Waals surface area contributed by atoms with Crippen LogP contribution in [0.2, 0.25) is 0 Å². The molecule has 0 aliphatic heterocycles. The summed E-state index contributed by atoms with van der Waals surface area (Å²) in [4.78, 5) is 8.63. The molecule has 0 heterocycles. The Morgan fingerprint density at radius 3 is 2.54 bits per heavy atom. The SMILES string of the molecule is OCOOCOCc1ccccc1. The highest BCUT2D eigenvalue weighted by molar-refractivity contribution is 5.13. The molecule has 72 valence electrons. The summed E-state index contributed by atoms with van der Waals surface area (Å²) in [6.07, 6.45) is 0. The third-order valence-corrected chi connectivity index (χ3v) is 1.38. The van der Waals surface area contributed by atoms with Gasteiger partial charge in [-0.05, 0) is 5.56 Å². The zero-order valence-corrected chi connectivity index (χ0v) is 7.18. The lowest BCUT2D eigenvalue weighted by Crippen LogP contribution is -2.01. The van der Waals surface area contributed by atoms with Crippen molar-refractivity contribution in [2.45, 2.75) is 6.61 Å². The topological polar surface area (TPSA) is 47.9 Å². The van der Waals surface area contributed by atoms with E-state index in [9.17, 15) is 0 Å². The number of ether oxygens (including phenoxy) is 1. The molecule has 0 aliphatic carbocycles. The summed E-state index contributed by atoms with van der Waals surface area (Å²) in [5.41, 5.74) is 1.06. The largest absolute Gasteiger partial charge is 0.368 e. The predicted molar refractivity (Wildman–Crippen MR) is 45.4 cm³/mol. The standard InChI is InChI=1S/C9H12O4/c10-7-12-13-8-11-6-9-4-2-1-3-5-9/h1-5,10H,6-8H2. The van der Waals surface area contributed by atoms with E-state index in [-0.39, 0.29) is 6.79 Å². The minimum atomic E-state index is -0.464. The van der Waals surface area contributed by atoms with Gasteiger partial charge in [-0.1, -0.05) is 30.3 Å². The predicted octanol–water partition coefficient (Wildman–Crippen LogP) is 1.06. The van der Waals surface area contributed by atoms with Crippen molar-refractivity contribution in [3.05, 3.63) is 35.9 Å². The molecule has 0 unspecified atom stereocenters. The highest BCUT2D eigenvalue weighted by Gasteiger charge is 1.91. The maximum atomic E-state index is 8.18. The van der Waals surface area contributed by atoms with Crippen LogP contribution in [-0.4, -0.2) is 18.7 Å². The van der Waals surface area contributed by atoms with Crippen molar-refractivity contribution in [3.8, 4) is 0 Å². The molecule has 1 aromatic carbocycles. The van der Waals surface area contributed by atoms with Gasteiger partial charge >= 0.3 is 0 Å². The summed E-state index contributed by atoms with van der Waals surface area (Å²) in [6, 6.07) is 9.71. The van der Waals surface area contributed by atoms with Gasteiger partial charge in [-0.25, -0.2) is 9.78 Å². The Labute approximate surface area is 76.6 Å². The number of aliphatic hydroxyl groups excluding tert-OH is 1. The summed E-state index contributed by atoms with van der Waals surface area (Å²) in [7, 11) is 0. The molecule has 4 heteroatoms. The van der Waals surface area contributed by atoms with Crippen molar-refractivity contribution < 1.29 is 19.6 Å². The van der Waals surface area contributed by atoms with Crippen LogP contribution >= 0.6 is 0 Å². The number of aliphatic hydroxyl groups is 1. The van der Waals surface area contributed by atoms with Crippen molar-refractivity contribution in [3.63, 3.8) is 0 Å². The average molecular weight is 184 g/mol. The zero-order chi connectivity index (χ0) is 9.36. The van der Waals surface area contributed by atoms with Gasteiger partial charge in [0.2, 0.25) is 0 Å². The molecule has 1 N–H and O–H groups in total. The summed E-state index contributed by atoms with van der Waals surface area (Å²) in [5.74, 6) is 0. The Hall–Kier alpha value is -0.940. The second-order valence-corrected chi connectivity index (χ2v) is 2.32. The third-order valence-electron chi connectivity index (χ3n) is 1.38. The fourth-order valence-corrected chi connectivity index (χ4v) is 0.839. The molecule has 1 aromatic rings. The Morgan fingerprint density at radius 1 is 1.08 bits per heavy atom. The first-order valence-electron chi connectivity index (χ1n) is 3.90. The van der Waals surface area contributed by atoms with Gasteiger partial charge in [0.05, 0.1) is 6.61 Å². The van der Waals surface area contributed by atoms with Crippen LogP contribution < -0.4 is 0 Å². The molecule has 0 radical (unpaired) electrons. The Morgan fingerprint density at radius 2 is 1.85 bits per heavy atom. The molecule has 1 rings (SSSR count). The zero-order valence-electron chi connectivity index (χ0n) is 7.18. The van der Waals surface area contributed by atoms with Gasteiger partial charge in [-0.2, -0.15) is 0 Å². The number of benzene rings is 1. The maximum absolute atomic E-state index is 8.18. The number of hydrogen-bond donors (Lipinski definition) is 1. The monoisotopic (exact) mass is 184 g/mol. The van der Waals surface area contributed by atoms with E-state index in [1.165, 1.54) is 0 Å². The van der Waals surface area contributed by atoms with Crippen LogP contribution in [-0.2, 0) is 21.1 Å². The molecular weight excluding hydrogens is 172 g/mol. The molecule has 0 saturated heterocycles. The van der Waals surface area contributed by atoms with Gasteiger partial charge in [0.1, 0.15) is 0 Å². The number of rotatable bonds is 6. The maximum Gasteiger partial charge on any atom is 0.181 e. The second kappa shape index (κ2) is 6.56. The molecular formula is C9H12O4. The van der Waals surface area contributed by atoms with Gasteiger partial charge in [0, 0.05) is 0 Å². The van der Waals surface area contributed by atoms with Crippen LogP contribution in [0.5, 0.6) is 0 Å². The van der Waals surface area contributed by atoms with Crippen LogP contribution in [0.4, 0.5) is 0 Å². The summed E-state index contributed by atoms with van der Waals surface area (Å²) in [5, 5.41) is 8.18. The molecule has 0 spiro atoms. The highest BCUT2D eigenvalue weighted by atomic mass is 17.2. The lowest BCUT2D eigenvalue weighted by atomic mass is 10.2. The van der Waals surface area contributed by atoms with Gasteiger partial charge in [0.25, 0.3) is 0 Å². The van der Waals surface area contributed by atoms with Crippen molar-refractivity contribution >= 4 is 0 Å². The minimum Gasteiger partial charge on any atom is -0.368 e. The first-order valence-corrected chi connectivity index (χ1v) is 3.90. The van der Waals surface area contributed by atoms with Crippen LogP contribution in [0.15, 0.2) is 30.3 Å². The van der Waals surface area contributed by atoms with E-state index in [4.69, 9.17) is 9.84 Å². The normalized spacial score (nSPS) is 10.2. The van der Waals surface area contributed by atoms with Crippen LogP contribution in [0.1, 0.15) is 5.56 Å². The van der Waals surface area contributed by atoms with Crippen molar-refractivity contribution in [2.24, 2.45) is 0 Å². The van der Waals surface area contributed by atoms with E-state index in [0.717, 1.165) is 5.56 Å². The fraction of sp³-hybridized carbons (Fsp3) is 0.333. The van der Waals surface area contributed by atoms with Crippen LogP contribution in [0.3, 0.4) is 0 Å². The molecule has 0 aromatic heterocycles. The highest BCUT2D eigenvalue weighted by Crippen LogP contribution is 1.99. The molecule has 13 heavy (non-hydrogen) atoms. The Kier molecular flexibility index (Phi) is 5.12. The molecule has 0 amide bonds. The van der Waals surface area contributed by atoms with Crippen molar-refractivity contribution in [2.75, 3.05) is 13.6 Å². The van der Waals surface area contributed by atoms with Crippen LogP contribution in [0, 0.1) is 0 Å². The quantitative estimate of drug-likeness (QED) is 0.311. The average Bonchev–Trinajstić information content (AvgIpc) is 2.19. The summed E-state index contributed by atoms with van der Waals surface area (Å²) < 4.78 is 5.06. The van der Waals surface area contributed by atoms with Gasteiger partial charge in [-0.3, -0.25) is 0 Å².